The molecule has 1 aliphatic heterocycles. The fourth-order valence-corrected chi connectivity index (χ4v) is 4.32. The number of carbonyl (C=O) groups is 1. The van der Waals surface area contributed by atoms with Crippen molar-refractivity contribution in [2.24, 2.45) is 0 Å². The average Bonchev–Trinajstić information content (AvgIpc) is 2.55. The number of likely N-dealkylation sites (N-methyl/N-ethyl adjacent to an activating group) is 1. The van der Waals surface area contributed by atoms with Crippen molar-refractivity contribution in [3.05, 3.63) is 29.3 Å². The summed E-state index contributed by atoms with van der Waals surface area (Å²) in [6.07, 6.45) is 0.955. The Hall–Kier alpha value is -1.33. The summed E-state index contributed by atoms with van der Waals surface area (Å²) in [6, 6.07) is 6.90. The van der Waals surface area contributed by atoms with Gasteiger partial charge in [0.2, 0.25) is 9.04 Å². The van der Waals surface area contributed by atoms with E-state index in [4.69, 9.17) is 9.16 Å². The zero-order valence-electron chi connectivity index (χ0n) is 17.4. The van der Waals surface area contributed by atoms with Crippen LogP contribution in [-0.2, 0) is 19.4 Å². The summed E-state index contributed by atoms with van der Waals surface area (Å²) in [6.45, 7) is 17.0. The molecule has 0 amide bonds. The maximum absolute atomic E-state index is 11.4. The van der Waals surface area contributed by atoms with Crippen LogP contribution >= 0.6 is 0 Å². The van der Waals surface area contributed by atoms with Gasteiger partial charge in [-0.3, -0.25) is 4.79 Å². The van der Waals surface area contributed by atoms with E-state index in [9.17, 15) is 4.79 Å². The number of nitrogens with zero attached hydrogens (tertiary/aromatic N) is 1. The number of esters is 1. The van der Waals surface area contributed by atoms with Gasteiger partial charge in [-0.05, 0) is 43.0 Å². The third-order valence-corrected chi connectivity index (χ3v) is 5.74. The fraction of sp³-hybridized carbons (Fsp3) is 0.667. The molecule has 1 aliphatic rings. The molecule has 0 saturated heterocycles. The summed E-state index contributed by atoms with van der Waals surface area (Å²) in [5, 5.41) is 0. The van der Waals surface area contributed by atoms with Gasteiger partial charge in [0, 0.05) is 25.1 Å². The molecular formula is C21H34NO3Si. The van der Waals surface area contributed by atoms with Crippen LogP contribution in [-0.4, -0.2) is 40.8 Å². The van der Waals surface area contributed by atoms with Crippen molar-refractivity contribution in [3.63, 3.8) is 0 Å². The Balaban J connectivity index is 2.47. The normalized spacial score (nSPS) is 20.2. The molecule has 26 heavy (non-hydrogen) atoms. The summed E-state index contributed by atoms with van der Waals surface area (Å²) in [5.74, 6) is 0.00819. The predicted molar refractivity (Wildman–Crippen MR) is 109 cm³/mol. The van der Waals surface area contributed by atoms with E-state index in [1.807, 2.05) is 0 Å². The number of rotatable bonds is 6. The highest BCUT2D eigenvalue weighted by Gasteiger charge is 2.36. The molecule has 0 spiro atoms. The molecule has 1 radical (unpaired) electrons. The molecule has 2 unspecified atom stereocenters. The summed E-state index contributed by atoms with van der Waals surface area (Å²) < 4.78 is 11.5. The van der Waals surface area contributed by atoms with Crippen LogP contribution in [0.5, 0.6) is 0 Å². The Bertz CT molecular complexity index is 624. The lowest BCUT2D eigenvalue weighted by Gasteiger charge is -2.44. The number of anilines is 1. The second kappa shape index (κ2) is 8.57. The first-order valence-corrected chi connectivity index (χ1v) is 12.0. The maximum Gasteiger partial charge on any atom is 0.302 e. The molecule has 2 atom stereocenters. The van der Waals surface area contributed by atoms with Gasteiger partial charge < -0.3 is 14.1 Å². The Morgan fingerprint density at radius 2 is 1.96 bits per heavy atom. The molecule has 0 saturated carbocycles. The van der Waals surface area contributed by atoms with Gasteiger partial charge in [0.1, 0.15) is 0 Å². The van der Waals surface area contributed by atoms with Crippen molar-refractivity contribution in [2.45, 2.75) is 71.5 Å². The van der Waals surface area contributed by atoms with Crippen molar-refractivity contribution in [3.8, 4) is 0 Å². The van der Waals surface area contributed by atoms with E-state index in [-0.39, 0.29) is 17.3 Å². The molecule has 145 valence electrons. The van der Waals surface area contributed by atoms with E-state index >= 15 is 0 Å². The van der Waals surface area contributed by atoms with Crippen molar-refractivity contribution in [1.82, 2.24) is 0 Å². The van der Waals surface area contributed by atoms with E-state index in [1.165, 1.54) is 23.7 Å². The second-order valence-electron chi connectivity index (χ2n) is 8.39. The first-order chi connectivity index (χ1) is 12.1. The van der Waals surface area contributed by atoms with E-state index in [0.29, 0.717) is 12.6 Å². The van der Waals surface area contributed by atoms with Crippen LogP contribution in [0.15, 0.2) is 18.2 Å². The topological polar surface area (TPSA) is 38.8 Å². The number of hydrogen-bond acceptors (Lipinski definition) is 4. The SMILES string of the molecule is CCN1c2c(cccc2C(C)(C)C)C(COC(C)=O)CC1CO[Si](C)C. The molecule has 0 bridgehead atoms. The van der Waals surface area contributed by atoms with E-state index in [2.05, 4.69) is 63.9 Å². The molecular weight excluding hydrogens is 342 g/mol. The third kappa shape index (κ3) is 4.89. The monoisotopic (exact) mass is 376 g/mol. The lowest BCUT2D eigenvalue weighted by atomic mass is 9.78. The first-order valence-electron chi connectivity index (χ1n) is 9.61. The van der Waals surface area contributed by atoms with Crippen molar-refractivity contribution in [1.29, 1.82) is 0 Å². The van der Waals surface area contributed by atoms with Crippen molar-refractivity contribution in [2.75, 3.05) is 24.7 Å². The van der Waals surface area contributed by atoms with E-state index in [1.54, 1.807) is 0 Å². The van der Waals surface area contributed by atoms with Crippen LogP contribution < -0.4 is 4.90 Å². The highest BCUT2D eigenvalue weighted by atomic mass is 28.3. The zero-order chi connectivity index (χ0) is 19.5. The predicted octanol–water partition coefficient (Wildman–Crippen LogP) is 4.50. The molecule has 1 aromatic carbocycles. The number of benzene rings is 1. The molecule has 0 aliphatic carbocycles. The number of hydrogen-bond donors (Lipinski definition) is 0. The molecule has 1 heterocycles. The number of para-hydroxylation sites is 1. The van der Waals surface area contributed by atoms with Crippen LogP contribution in [0.2, 0.25) is 13.1 Å². The smallest absolute Gasteiger partial charge is 0.302 e. The molecule has 4 nitrogen and oxygen atoms in total. The summed E-state index contributed by atoms with van der Waals surface area (Å²) >= 11 is 0. The van der Waals surface area contributed by atoms with Crippen LogP contribution in [0.3, 0.4) is 0 Å². The van der Waals surface area contributed by atoms with Gasteiger partial charge in [0.05, 0.1) is 19.3 Å². The van der Waals surface area contributed by atoms with Gasteiger partial charge in [-0.15, -0.1) is 0 Å². The highest BCUT2D eigenvalue weighted by Crippen LogP contribution is 2.44. The van der Waals surface area contributed by atoms with E-state index in [0.717, 1.165) is 19.6 Å². The van der Waals surface area contributed by atoms with Crippen LogP contribution in [0, 0.1) is 0 Å². The highest BCUT2D eigenvalue weighted by molar-refractivity contribution is 6.48. The van der Waals surface area contributed by atoms with Gasteiger partial charge in [-0.2, -0.15) is 0 Å². The fourth-order valence-electron chi connectivity index (χ4n) is 3.79. The minimum Gasteiger partial charge on any atom is -0.465 e. The molecule has 0 N–H and O–H groups in total. The molecule has 0 fully saturated rings. The minimum atomic E-state index is -0.734. The summed E-state index contributed by atoms with van der Waals surface area (Å²) in [7, 11) is -0.734. The van der Waals surface area contributed by atoms with Gasteiger partial charge in [0.25, 0.3) is 0 Å². The van der Waals surface area contributed by atoms with E-state index < -0.39 is 9.04 Å². The average molecular weight is 377 g/mol. The third-order valence-electron chi connectivity index (χ3n) is 4.99. The summed E-state index contributed by atoms with van der Waals surface area (Å²) in [4.78, 5) is 13.9. The van der Waals surface area contributed by atoms with Crippen LogP contribution in [0.1, 0.15) is 58.1 Å². The maximum atomic E-state index is 11.4. The molecule has 0 aromatic heterocycles. The van der Waals surface area contributed by atoms with Gasteiger partial charge >= 0.3 is 5.97 Å². The Morgan fingerprint density at radius 1 is 1.27 bits per heavy atom. The minimum absolute atomic E-state index is 0.0535. The largest absolute Gasteiger partial charge is 0.465 e. The quantitative estimate of drug-likeness (QED) is 0.541. The second-order valence-corrected chi connectivity index (χ2v) is 10.5. The molecule has 1 aromatic rings. The number of fused-ring (bicyclic) bond motifs is 1. The molecule has 2 rings (SSSR count). The first kappa shape index (κ1) is 21.0. The Kier molecular flexibility index (Phi) is 6.91. The Labute approximate surface area is 160 Å². The molecule has 5 heteroatoms. The number of ether oxygens (including phenoxy) is 1. The van der Waals surface area contributed by atoms with Crippen molar-refractivity contribution >= 4 is 20.7 Å². The van der Waals surface area contributed by atoms with Crippen LogP contribution in [0.4, 0.5) is 5.69 Å². The Morgan fingerprint density at radius 3 is 2.50 bits per heavy atom. The lowest BCUT2D eigenvalue weighted by molar-refractivity contribution is -0.141. The van der Waals surface area contributed by atoms with Gasteiger partial charge in [0.15, 0.2) is 0 Å². The van der Waals surface area contributed by atoms with Gasteiger partial charge in [-0.1, -0.05) is 39.0 Å². The standard InChI is InChI=1S/C21H34NO3Si/c1-8-22-17(14-25-26(6)7)12-16(13-24-15(2)23)18-10-9-11-19(20(18)22)21(3,4)5/h9-11,16-17H,8,12-14H2,1-7H3. The zero-order valence-corrected chi connectivity index (χ0v) is 18.4. The number of carbonyl (C=O) groups excluding carboxylic acids is 1. The van der Waals surface area contributed by atoms with Crippen molar-refractivity contribution < 1.29 is 14.0 Å². The summed E-state index contributed by atoms with van der Waals surface area (Å²) in [5.41, 5.74) is 4.03. The van der Waals surface area contributed by atoms with Gasteiger partial charge in [-0.25, -0.2) is 0 Å². The lowest BCUT2D eigenvalue weighted by Crippen LogP contribution is -2.46. The van der Waals surface area contributed by atoms with Crippen LogP contribution in [0.25, 0.3) is 0 Å².